The van der Waals surface area contributed by atoms with Gasteiger partial charge >= 0.3 is 33.3 Å². The number of hydrogen-bond acceptors (Lipinski definition) is 1. The van der Waals surface area contributed by atoms with E-state index < -0.39 is 5.97 Å². The van der Waals surface area contributed by atoms with Crippen LogP contribution in [0.15, 0.2) is 12.7 Å². The van der Waals surface area contributed by atoms with E-state index in [9.17, 15) is 4.79 Å². The molecule has 3 radical (unpaired) electrons. The zero-order chi connectivity index (χ0) is 4.28. The molecule has 0 saturated heterocycles. The van der Waals surface area contributed by atoms with Crippen LogP contribution in [0.5, 0.6) is 0 Å². The van der Waals surface area contributed by atoms with Crippen molar-refractivity contribution in [1.29, 1.82) is 0 Å². The van der Waals surface area contributed by atoms with Crippen molar-refractivity contribution in [1.82, 2.24) is 0 Å². The predicted molar refractivity (Wildman–Crippen MR) is 25.0 cm³/mol. The van der Waals surface area contributed by atoms with Crippen molar-refractivity contribution in [3.8, 4) is 0 Å². The van der Waals surface area contributed by atoms with Crippen LogP contribution in [0.25, 0.3) is 0 Å². The van der Waals surface area contributed by atoms with Crippen molar-refractivity contribution in [2.24, 2.45) is 0 Å². The molecule has 0 rings (SSSR count). The van der Waals surface area contributed by atoms with Gasteiger partial charge in [0.2, 0.25) is 0 Å². The molecule has 3 heteroatoms. The molecule has 0 aromatic heterocycles. The summed E-state index contributed by atoms with van der Waals surface area (Å²) in [5.74, 6) is -0.981. The average molecular weight is 280 g/mol. The first-order chi connectivity index (χ1) is 2.27. The predicted octanol–water partition coefficient (Wildman–Crippen LogP) is -0.392. The Hall–Kier alpha value is 0.132. The second kappa shape index (κ2) is 5.13. The van der Waals surface area contributed by atoms with Gasteiger partial charge in [-0.25, -0.2) is 4.79 Å². The van der Waals surface area contributed by atoms with Crippen LogP contribution in [-0.4, -0.2) is 38.4 Å². The van der Waals surface area contributed by atoms with Gasteiger partial charge in [0.1, 0.15) is 0 Å². The minimum atomic E-state index is -0.981. The van der Waals surface area contributed by atoms with E-state index in [1.54, 1.807) is 0 Å². The zero-order valence-corrected chi connectivity index (χ0v) is 7.71. The summed E-state index contributed by atoms with van der Waals surface area (Å²) in [5, 5.41) is 7.60. The Kier molecular flexibility index (Phi) is 8.09. The summed E-state index contributed by atoms with van der Waals surface area (Å²) in [7, 11) is 0. The molecule has 0 aliphatic carbocycles. The molecule has 2 nitrogen and oxygen atoms in total. The summed E-state index contributed by atoms with van der Waals surface area (Å²) >= 11 is 0. The number of rotatable bonds is 1. The van der Waals surface area contributed by atoms with Crippen molar-refractivity contribution < 1.29 is 9.90 Å². The van der Waals surface area contributed by atoms with Gasteiger partial charge in [0.15, 0.2) is 0 Å². The Bertz CT molecular complexity index is 59.8. The summed E-state index contributed by atoms with van der Waals surface area (Å²) in [4.78, 5) is 9.25. The van der Waals surface area contributed by atoms with Gasteiger partial charge in [0, 0.05) is 6.08 Å². The number of carboxylic acid groups (broad SMARTS) is 1. The van der Waals surface area contributed by atoms with Crippen molar-refractivity contribution in [3.05, 3.63) is 12.7 Å². The molecule has 0 saturated carbocycles. The molecule has 0 spiro atoms. The van der Waals surface area contributed by atoms with Gasteiger partial charge in [-0.3, -0.25) is 0 Å². The molecule has 0 unspecified atom stereocenters. The topological polar surface area (TPSA) is 37.3 Å². The number of carboxylic acids is 1. The fraction of sp³-hybridized carbons (Fsp3) is 0. The molecule has 0 bridgehead atoms. The Morgan fingerprint density at radius 2 is 2.00 bits per heavy atom. The Balaban J connectivity index is 0. The standard InChI is InChI=1S/C3H4O2.Pb.H/c1-2-3(4)5;;/h2H,1H2,(H,4,5);;. The van der Waals surface area contributed by atoms with E-state index in [1.165, 1.54) is 0 Å². The van der Waals surface area contributed by atoms with Gasteiger partial charge < -0.3 is 5.11 Å². The third kappa shape index (κ3) is 8.92. The quantitative estimate of drug-likeness (QED) is 0.525. The van der Waals surface area contributed by atoms with Crippen LogP contribution in [0.4, 0.5) is 0 Å². The van der Waals surface area contributed by atoms with Crippen LogP contribution in [0.2, 0.25) is 0 Å². The summed E-state index contributed by atoms with van der Waals surface area (Å²) in [6.07, 6.45) is 0.833. The van der Waals surface area contributed by atoms with Crippen molar-refractivity contribution >= 4 is 33.3 Å². The van der Waals surface area contributed by atoms with Gasteiger partial charge in [-0.15, -0.1) is 0 Å². The summed E-state index contributed by atoms with van der Waals surface area (Å²) in [6.45, 7) is 2.96. The molecule has 0 heterocycles. The number of hydrogen-bond donors (Lipinski definition) is 1. The van der Waals surface area contributed by atoms with E-state index in [-0.39, 0.29) is 27.3 Å². The van der Waals surface area contributed by atoms with Gasteiger partial charge in [-0.1, -0.05) is 6.58 Å². The van der Waals surface area contributed by atoms with Crippen LogP contribution < -0.4 is 0 Å². The first kappa shape index (κ1) is 9.46. The van der Waals surface area contributed by atoms with E-state index in [4.69, 9.17) is 5.11 Å². The van der Waals surface area contributed by atoms with Gasteiger partial charge in [-0.05, 0) is 0 Å². The number of aliphatic carboxylic acids is 1. The third-order valence-corrected chi connectivity index (χ3v) is 0.175. The fourth-order valence-corrected chi connectivity index (χ4v) is 0. The monoisotopic (exact) mass is 281 g/mol. The molecule has 0 amide bonds. The molecule has 33 valence electrons. The van der Waals surface area contributed by atoms with Crippen molar-refractivity contribution in [3.63, 3.8) is 0 Å². The Labute approximate surface area is 56.0 Å². The van der Waals surface area contributed by atoms with Gasteiger partial charge in [0.05, 0.1) is 0 Å². The minimum absolute atomic E-state index is 0. The zero-order valence-electron chi connectivity index (χ0n) is 3.22. The molecule has 0 aromatic carbocycles. The molecule has 0 aromatic rings. The van der Waals surface area contributed by atoms with E-state index in [0.29, 0.717) is 0 Å². The molecule has 0 fully saturated rings. The maximum absolute atomic E-state index is 9.25. The van der Waals surface area contributed by atoms with E-state index in [1.807, 2.05) is 0 Å². The first-order valence-electron chi connectivity index (χ1n) is 1.12. The third-order valence-electron chi connectivity index (χ3n) is 0.175. The summed E-state index contributed by atoms with van der Waals surface area (Å²) < 4.78 is 0. The van der Waals surface area contributed by atoms with Crippen molar-refractivity contribution in [2.45, 2.75) is 0 Å². The Morgan fingerprint density at radius 3 is 2.00 bits per heavy atom. The van der Waals surface area contributed by atoms with Crippen LogP contribution in [0.3, 0.4) is 0 Å². The Morgan fingerprint density at radius 1 is 1.83 bits per heavy atom. The maximum atomic E-state index is 9.25. The SMILES string of the molecule is C=CC(=O)O.[PbH]. The van der Waals surface area contributed by atoms with Crippen LogP contribution in [0, 0.1) is 0 Å². The summed E-state index contributed by atoms with van der Waals surface area (Å²) in [5.41, 5.74) is 0. The second-order valence-electron chi connectivity index (χ2n) is 0.542. The normalized spacial score (nSPS) is 5.33. The number of carbonyl (C=O) groups is 1. The van der Waals surface area contributed by atoms with E-state index in [0.717, 1.165) is 6.08 Å². The molecular weight excluding hydrogens is 275 g/mol. The van der Waals surface area contributed by atoms with Crippen LogP contribution >= 0.6 is 0 Å². The van der Waals surface area contributed by atoms with Gasteiger partial charge in [0.25, 0.3) is 0 Å². The van der Waals surface area contributed by atoms with E-state index >= 15 is 0 Å². The molecular formula is C3H5O2Pb. The van der Waals surface area contributed by atoms with E-state index in [2.05, 4.69) is 6.58 Å². The second-order valence-corrected chi connectivity index (χ2v) is 0.542. The molecule has 0 atom stereocenters. The molecule has 1 N–H and O–H groups in total. The van der Waals surface area contributed by atoms with Gasteiger partial charge in [-0.2, -0.15) is 0 Å². The first-order valence-corrected chi connectivity index (χ1v) is 1.12. The molecule has 6 heavy (non-hydrogen) atoms. The fourth-order valence-electron chi connectivity index (χ4n) is 0. The average Bonchev–Trinajstić information content (AvgIpc) is 1.38. The van der Waals surface area contributed by atoms with Crippen molar-refractivity contribution in [2.75, 3.05) is 0 Å². The molecule has 0 aliphatic heterocycles. The van der Waals surface area contributed by atoms with Crippen LogP contribution in [0.1, 0.15) is 0 Å². The van der Waals surface area contributed by atoms with Crippen LogP contribution in [-0.2, 0) is 4.79 Å². The summed E-state index contributed by atoms with van der Waals surface area (Å²) in [6, 6.07) is 0. The molecule has 0 aliphatic rings.